The lowest BCUT2D eigenvalue weighted by atomic mass is 10.2. The molecule has 2 aromatic heterocycles. The molecule has 0 aliphatic carbocycles. The van der Waals surface area contributed by atoms with E-state index in [-0.39, 0.29) is 11.4 Å². The first-order chi connectivity index (χ1) is 14.1. The quantitative estimate of drug-likeness (QED) is 0.331. The Morgan fingerprint density at radius 1 is 1.28 bits per heavy atom. The molecule has 0 atom stereocenters. The van der Waals surface area contributed by atoms with Crippen LogP contribution in [-0.4, -0.2) is 20.7 Å². The molecule has 0 radical (unpaired) electrons. The Kier molecular flexibility index (Phi) is 6.87. The molecule has 0 aliphatic rings. The van der Waals surface area contributed by atoms with Crippen LogP contribution in [0.15, 0.2) is 48.2 Å². The Morgan fingerprint density at radius 3 is 2.79 bits per heavy atom. The second kappa shape index (κ2) is 9.75. The van der Waals surface area contributed by atoms with Crippen LogP contribution in [0.1, 0.15) is 36.9 Å². The van der Waals surface area contributed by atoms with Crippen molar-refractivity contribution >= 4 is 28.5 Å². The smallest absolute Gasteiger partial charge is 0.268 e. The Morgan fingerprint density at radius 2 is 2.07 bits per heavy atom. The first-order valence-electron chi connectivity index (χ1n) is 9.29. The van der Waals surface area contributed by atoms with Crippen molar-refractivity contribution in [2.45, 2.75) is 32.6 Å². The van der Waals surface area contributed by atoms with Gasteiger partial charge in [0, 0.05) is 24.0 Å². The van der Waals surface area contributed by atoms with E-state index in [1.807, 2.05) is 6.07 Å². The highest BCUT2D eigenvalue weighted by atomic mass is 32.1. The highest BCUT2D eigenvalue weighted by Gasteiger charge is 2.14. The Bertz CT molecular complexity index is 1050. The van der Waals surface area contributed by atoms with Gasteiger partial charge in [-0.25, -0.2) is 4.39 Å². The van der Waals surface area contributed by atoms with Crippen LogP contribution in [0.5, 0.6) is 0 Å². The zero-order valence-electron chi connectivity index (χ0n) is 15.9. The van der Waals surface area contributed by atoms with E-state index < -0.39 is 5.91 Å². The molecule has 2 heterocycles. The summed E-state index contributed by atoms with van der Waals surface area (Å²) in [6.07, 6.45) is 7.37. The van der Waals surface area contributed by atoms with Gasteiger partial charge in [0.05, 0.1) is 0 Å². The number of nitriles is 1. The molecule has 3 rings (SSSR count). The molecule has 3 aromatic rings. The van der Waals surface area contributed by atoms with Gasteiger partial charge in [-0.05, 0) is 48.9 Å². The average molecular weight is 409 g/mol. The summed E-state index contributed by atoms with van der Waals surface area (Å²) >= 11 is 1.32. The van der Waals surface area contributed by atoms with E-state index in [4.69, 9.17) is 0 Å². The number of hydrogen-bond donors (Lipinski definition) is 1. The van der Waals surface area contributed by atoms with Gasteiger partial charge >= 0.3 is 0 Å². The Hall–Kier alpha value is -3.31. The lowest BCUT2D eigenvalue weighted by Crippen LogP contribution is -2.13. The molecule has 0 aliphatic heterocycles. The number of aromatic nitrogens is 3. The van der Waals surface area contributed by atoms with Crippen LogP contribution in [-0.2, 0) is 11.2 Å². The monoisotopic (exact) mass is 409 g/mol. The summed E-state index contributed by atoms with van der Waals surface area (Å²) in [4.78, 5) is 12.5. The standard InChI is InChI=1S/C21H20FN5OS/c1-2-3-4-7-19-25-26-21(29-19)24-20(28)15(14-23)13-18-6-5-12-27(18)17-10-8-16(22)9-11-17/h5-6,8-13H,2-4,7H2,1H3,(H,24,26,28). The third-order valence-electron chi connectivity index (χ3n) is 4.22. The van der Waals surface area contributed by atoms with E-state index in [0.29, 0.717) is 10.8 Å². The minimum Gasteiger partial charge on any atom is -0.317 e. The average Bonchev–Trinajstić information content (AvgIpc) is 3.36. The summed E-state index contributed by atoms with van der Waals surface area (Å²) in [6.45, 7) is 2.13. The minimum atomic E-state index is -0.546. The third kappa shape index (κ3) is 5.36. The number of benzene rings is 1. The SMILES string of the molecule is CCCCCc1nnc(NC(=O)C(C#N)=Cc2cccn2-c2ccc(F)cc2)s1. The maximum absolute atomic E-state index is 13.2. The number of rotatable bonds is 8. The van der Waals surface area contributed by atoms with Crippen molar-refractivity contribution in [3.8, 4) is 11.8 Å². The van der Waals surface area contributed by atoms with Gasteiger partial charge in [0.2, 0.25) is 5.13 Å². The van der Waals surface area contributed by atoms with Crippen LogP contribution >= 0.6 is 11.3 Å². The fourth-order valence-electron chi connectivity index (χ4n) is 2.74. The molecule has 0 unspecified atom stereocenters. The highest BCUT2D eigenvalue weighted by Crippen LogP contribution is 2.20. The molecule has 148 valence electrons. The number of unbranched alkanes of at least 4 members (excludes halogenated alkanes) is 2. The number of halogens is 1. The predicted octanol–water partition coefficient (Wildman–Crippen LogP) is 4.75. The maximum atomic E-state index is 13.2. The molecular weight excluding hydrogens is 389 g/mol. The summed E-state index contributed by atoms with van der Waals surface area (Å²) in [6, 6.07) is 11.4. The Balaban J connectivity index is 1.74. The van der Waals surface area contributed by atoms with E-state index in [2.05, 4.69) is 22.4 Å². The normalized spacial score (nSPS) is 11.3. The predicted molar refractivity (Wildman–Crippen MR) is 111 cm³/mol. The molecule has 0 saturated heterocycles. The molecule has 0 spiro atoms. The second-order valence-electron chi connectivity index (χ2n) is 6.36. The van der Waals surface area contributed by atoms with Crippen molar-refractivity contribution < 1.29 is 9.18 Å². The molecule has 1 amide bonds. The van der Waals surface area contributed by atoms with Gasteiger partial charge in [-0.2, -0.15) is 5.26 Å². The van der Waals surface area contributed by atoms with Crippen molar-refractivity contribution in [1.29, 1.82) is 5.26 Å². The molecule has 0 fully saturated rings. The summed E-state index contributed by atoms with van der Waals surface area (Å²) < 4.78 is 14.9. The summed E-state index contributed by atoms with van der Waals surface area (Å²) in [5, 5.41) is 21.4. The van der Waals surface area contributed by atoms with Crippen LogP contribution in [0, 0.1) is 17.1 Å². The first-order valence-corrected chi connectivity index (χ1v) is 10.1. The summed E-state index contributed by atoms with van der Waals surface area (Å²) in [5.74, 6) is -0.878. The topological polar surface area (TPSA) is 83.6 Å². The van der Waals surface area contributed by atoms with Crippen LogP contribution in [0.25, 0.3) is 11.8 Å². The van der Waals surface area contributed by atoms with Gasteiger partial charge in [-0.3, -0.25) is 10.1 Å². The number of carbonyl (C=O) groups excluding carboxylic acids is 1. The fourth-order valence-corrected chi connectivity index (χ4v) is 3.52. The van der Waals surface area contributed by atoms with Crippen molar-refractivity contribution in [1.82, 2.24) is 14.8 Å². The maximum Gasteiger partial charge on any atom is 0.268 e. The van der Waals surface area contributed by atoms with Crippen LogP contribution in [0.4, 0.5) is 9.52 Å². The molecule has 0 saturated carbocycles. The number of amides is 1. The molecule has 29 heavy (non-hydrogen) atoms. The number of nitrogens with one attached hydrogen (secondary N) is 1. The number of nitrogens with zero attached hydrogens (tertiary/aromatic N) is 4. The van der Waals surface area contributed by atoms with Crippen molar-refractivity contribution in [2.75, 3.05) is 5.32 Å². The molecular formula is C21H20FN5OS. The van der Waals surface area contributed by atoms with E-state index in [9.17, 15) is 14.4 Å². The largest absolute Gasteiger partial charge is 0.317 e. The second-order valence-corrected chi connectivity index (χ2v) is 7.42. The van der Waals surface area contributed by atoms with Gasteiger partial charge in [0.15, 0.2) is 0 Å². The number of carbonyl (C=O) groups is 1. The minimum absolute atomic E-state index is 0.0604. The van der Waals surface area contributed by atoms with Crippen molar-refractivity contribution in [3.05, 3.63) is 64.7 Å². The highest BCUT2D eigenvalue weighted by molar-refractivity contribution is 7.15. The number of hydrogen-bond acceptors (Lipinski definition) is 5. The lowest BCUT2D eigenvalue weighted by molar-refractivity contribution is -0.112. The molecule has 1 N–H and O–H groups in total. The zero-order chi connectivity index (χ0) is 20.6. The number of anilines is 1. The molecule has 8 heteroatoms. The van der Waals surface area contributed by atoms with Gasteiger partial charge in [0.1, 0.15) is 22.5 Å². The fraction of sp³-hybridized carbons (Fsp3) is 0.238. The Labute approximate surface area is 172 Å². The van der Waals surface area contributed by atoms with Crippen molar-refractivity contribution in [3.63, 3.8) is 0 Å². The molecule has 0 bridgehead atoms. The van der Waals surface area contributed by atoms with Crippen LogP contribution in [0.2, 0.25) is 0 Å². The molecule has 6 nitrogen and oxygen atoms in total. The van der Waals surface area contributed by atoms with E-state index in [0.717, 1.165) is 36.4 Å². The zero-order valence-corrected chi connectivity index (χ0v) is 16.7. The summed E-state index contributed by atoms with van der Waals surface area (Å²) in [5.41, 5.74) is 1.29. The van der Waals surface area contributed by atoms with Crippen LogP contribution < -0.4 is 5.32 Å². The van der Waals surface area contributed by atoms with Gasteiger partial charge in [0.25, 0.3) is 5.91 Å². The van der Waals surface area contributed by atoms with Gasteiger partial charge in [-0.15, -0.1) is 10.2 Å². The van der Waals surface area contributed by atoms with Gasteiger partial charge < -0.3 is 4.57 Å². The molecule has 1 aromatic carbocycles. The third-order valence-corrected chi connectivity index (χ3v) is 5.12. The van der Waals surface area contributed by atoms with Crippen molar-refractivity contribution in [2.24, 2.45) is 0 Å². The van der Waals surface area contributed by atoms with E-state index in [1.54, 1.807) is 35.0 Å². The number of aryl methyl sites for hydroxylation is 1. The lowest BCUT2D eigenvalue weighted by Gasteiger charge is -2.07. The van der Waals surface area contributed by atoms with Gasteiger partial charge in [-0.1, -0.05) is 31.1 Å². The first kappa shape index (κ1) is 20.4. The van der Waals surface area contributed by atoms with Crippen LogP contribution in [0.3, 0.4) is 0 Å². The van der Waals surface area contributed by atoms with E-state index >= 15 is 0 Å². The summed E-state index contributed by atoms with van der Waals surface area (Å²) in [7, 11) is 0. The van der Waals surface area contributed by atoms with E-state index in [1.165, 1.54) is 29.5 Å².